The molecule has 0 aliphatic carbocycles. The van der Waals surface area contributed by atoms with Gasteiger partial charge in [-0.1, -0.05) is 347 Å². The zero-order valence-electron chi connectivity index (χ0n) is 52.0. The summed E-state index contributed by atoms with van der Waals surface area (Å²) in [4.78, 5) is 25.6. The number of hydrogen-bond acceptors (Lipinski definition) is 6. The van der Waals surface area contributed by atoms with Gasteiger partial charge in [-0.3, -0.25) is 9.36 Å². The Morgan fingerprint density at radius 1 is 0.447 bits per heavy atom. The molecular weight excluding hydrogens is 960 g/mol. The number of phosphoric acid groups is 1. The van der Waals surface area contributed by atoms with Gasteiger partial charge < -0.3 is 28.8 Å². The summed E-state index contributed by atoms with van der Waals surface area (Å²) in [6.45, 7) is 4.72. The maximum absolute atomic E-state index is 13.0. The number of allylic oxidation sites excluding steroid dienone is 1. The number of phosphoric ester groups is 1. The Labute approximate surface area is 475 Å². The molecule has 454 valence electrons. The summed E-state index contributed by atoms with van der Waals surface area (Å²) in [5.41, 5.74) is 0. The van der Waals surface area contributed by atoms with Gasteiger partial charge in [0.15, 0.2) is 0 Å². The van der Waals surface area contributed by atoms with E-state index in [9.17, 15) is 19.4 Å². The summed E-state index contributed by atoms with van der Waals surface area (Å²) >= 11 is 0. The first kappa shape index (κ1) is 75.2. The van der Waals surface area contributed by atoms with E-state index in [4.69, 9.17) is 9.05 Å². The van der Waals surface area contributed by atoms with Gasteiger partial charge in [0, 0.05) is 6.42 Å². The van der Waals surface area contributed by atoms with Crippen LogP contribution < -0.4 is 10.2 Å². The van der Waals surface area contributed by atoms with Crippen LogP contribution >= 0.6 is 7.82 Å². The largest absolute Gasteiger partial charge is 0.756 e. The quantitative estimate of drug-likeness (QED) is 0.0272. The lowest BCUT2D eigenvalue weighted by atomic mass is 10.0. The van der Waals surface area contributed by atoms with Crippen molar-refractivity contribution in [1.29, 1.82) is 0 Å². The second-order valence-electron chi connectivity index (χ2n) is 24.9. The van der Waals surface area contributed by atoms with Crippen LogP contribution in [0, 0.1) is 0 Å². The molecule has 9 heteroatoms. The van der Waals surface area contributed by atoms with Crippen molar-refractivity contribution in [3.63, 3.8) is 0 Å². The van der Waals surface area contributed by atoms with Crippen LogP contribution in [0.4, 0.5) is 0 Å². The first-order valence-electron chi connectivity index (χ1n) is 34.1. The number of amides is 1. The van der Waals surface area contributed by atoms with Crippen molar-refractivity contribution >= 4 is 13.7 Å². The van der Waals surface area contributed by atoms with Crippen LogP contribution in [0.5, 0.6) is 0 Å². The number of aliphatic hydroxyl groups is 1. The van der Waals surface area contributed by atoms with Gasteiger partial charge >= 0.3 is 0 Å². The summed E-state index contributed by atoms with van der Waals surface area (Å²) in [5.74, 6) is -0.188. The average molecular weight is 1100 g/mol. The number of hydrogen-bond donors (Lipinski definition) is 2. The highest BCUT2D eigenvalue weighted by Crippen LogP contribution is 2.38. The predicted molar refractivity (Wildman–Crippen MR) is 330 cm³/mol. The molecule has 3 atom stereocenters. The van der Waals surface area contributed by atoms with Crippen LogP contribution in [0.2, 0.25) is 0 Å². The number of quaternary nitrogens is 1. The first-order chi connectivity index (χ1) is 37.0. The summed E-state index contributed by atoms with van der Waals surface area (Å²) in [6, 6.07) is -0.883. The molecule has 0 aromatic carbocycles. The number of aliphatic hydroxyl groups excluding tert-OH is 1. The second kappa shape index (κ2) is 58.9. The van der Waals surface area contributed by atoms with E-state index in [1.54, 1.807) is 6.08 Å². The van der Waals surface area contributed by atoms with Crippen molar-refractivity contribution in [2.24, 2.45) is 0 Å². The van der Waals surface area contributed by atoms with Gasteiger partial charge in [0.1, 0.15) is 13.2 Å². The van der Waals surface area contributed by atoms with E-state index in [0.717, 1.165) is 38.5 Å². The van der Waals surface area contributed by atoms with Crippen LogP contribution in [-0.2, 0) is 18.4 Å². The predicted octanol–water partition coefficient (Wildman–Crippen LogP) is 20.7. The Kier molecular flexibility index (Phi) is 58.3. The fourth-order valence-corrected chi connectivity index (χ4v) is 11.4. The molecule has 0 aromatic rings. The van der Waals surface area contributed by atoms with Crippen molar-refractivity contribution in [2.45, 2.75) is 373 Å². The summed E-state index contributed by atoms with van der Waals surface area (Å²) in [6.07, 6.45) is 74.7. The van der Waals surface area contributed by atoms with Crippen molar-refractivity contribution in [2.75, 3.05) is 40.9 Å². The molecule has 0 spiro atoms. The van der Waals surface area contributed by atoms with E-state index in [1.165, 1.54) is 302 Å². The molecule has 0 radical (unpaired) electrons. The van der Waals surface area contributed by atoms with Crippen LogP contribution in [0.25, 0.3) is 0 Å². The number of carbonyl (C=O) groups is 1. The van der Waals surface area contributed by atoms with E-state index < -0.39 is 20.0 Å². The summed E-state index contributed by atoms with van der Waals surface area (Å²) in [7, 11) is 1.28. The zero-order valence-corrected chi connectivity index (χ0v) is 52.9. The normalized spacial score (nSPS) is 13.7. The lowest BCUT2D eigenvalue weighted by molar-refractivity contribution is -0.870. The van der Waals surface area contributed by atoms with E-state index in [1.807, 2.05) is 27.2 Å². The third-order valence-electron chi connectivity index (χ3n) is 16.0. The smallest absolute Gasteiger partial charge is 0.268 e. The van der Waals surface area contributed by atoms with Crippen molar-refractivity contribution < 1.29 is 32.9 Å². The minimum atomic E-state index is -4.60. The monoisotopic (exact) mass is 1100 g/mol. The van der Waals surface area contributed by atoms with Crippen LogP contribution in [0.15, 0.2) is 12.2 Å². The Morgan fingerprint density at radius 3 is 0.987 bits per heavy atom. The van der Waals surface area contributed by atoms with Crippen LogP contribution in [0.3, 0.4) is 0 Å². The molecule has 0 rings (SSSR count). The van der Waals surface area contributed by atoms with Gasteiger partial charge in [-0.25, -0.2) is 0 Å². The van der Waals surface area contributed by atoms with Crippen molar-refractivity contribution in [3.05, 3.63) is 12.2 Å². The Morgan fingerprint density at radius 2 is 0.711 bits per heavy atom. The molecule has 0 aliphatic heterocycles. The highest BCUT2D eigenvalue weighted by atomic mass is 31.2. The first-order valence-corrected chi connectivity index (χ1v) is 35.5. The van der Waals surface area contributed by atoms with E-state index >= 15 is 0 Å². The van der Waals surface area contributed by atoms with Gasteiger partial charge in [0.25, 0.3) is 7.82 Å². The summed E-state index contributed by atoms with van der Waals surface area (Å²) < 4.78 is 23.4. The van der Waals surface area contributed by atoms with Gasteiger partial charge in [0.05, 0.1) is 39.9 Å². The second-order valence-corrected chi connectivity index (χ2v) is 26.3. The lowest BCUT2D eigenvalue weighted by Crippen LogP contribution is -2.45. The fourth-order valence-electron chi connectivity index (χ4n) is 10.7. The van der Waals surface area contributed by atoms with E-state index in [-0.39, 0.29) is 19.1 Å². The fraction of sp³-hybridized carbons (Fsp3) is 0.955. The molecule has 0 aromatic heterocycles. The molecule has 0 fully saturated rings. The van der Waals surface area contributed by atoms with Crippen LogP contribution in [0.1, 0.15) is 361 Å². The standard InChI is InChI=1S/C67H135N2O6P/c1-6-8-10-12-14-16-18-20-22-24-26-28-30-31-32-33-34-35-36-37-39-41-43-45-47-49-51-53-55-57-59-61-67(71)68-65(64-75-76(72,73)74-63-62-69(3,4)5)66(70)60-58-56-54-52-50-48-46-44-42-40-38-29-27-25-23-21-19-17-15-13-11-9-7-2/h58,60,65-66,70H,6-57,59,61-64H2,1-5H3,(H-,68,71,72,73)/b60-58+. The topological polar surface area (TPSA) is 108 Å². The van der Waals surface area contributed by atoms with Gasteiger partial charge in [0.2, 0.25) is 5.91 Å². The Bertz CT molecular complexity index is 1240. The van der Waals surface area contributed by atoms with Crippen LogP contribution in [-0.4, -0.2) is 68.5 Å². The van der Waals surface area contributed by atoms with Crippen molar-refractivity contribution in [3.8, 4) is 0 Å². The maximum Gasteiger partial charge on any atom is 0.268 e. The highest BCUT2D eigenvalue weighted by Gasteiger charge is 2.23. The SMILES string of the molecule is CCCCCCCCCCCCCCCCCCCCCCC/C=C/C(O)C(COP(=O)([O-])OCC[N+](C)(C)C)NC(=O)CCCCCCCCCCCCCCCCCCCCCCCCCCCCCCCCC. The van der Waals surface area contributed by atoms with E-state index in [0.29, 0.717) is 17.4 Å². The molecule has 3 unspecified atom stereocenters. The van der Waals surface area contributed by atoms with E-state index in [2.05, 4.69) is 19.2 Å². The molecule has 1 amide bonds. The number of likely N-dealkylation sites (N-methyl/N-ethyl adjacent to an activating group) is 1. The molecule has 8 nitrogen and oxygen atoms in total. The third-order valence-corrected chi connectivity index (χ3v) is 17.0. The number of rotatable bonds is 64. The third kappa shape index (κ3) is 60.9. The number of nitrogens with zero attached hydrogens (tertiary/aromatic N) is 1. The molecular formula is C67H135N2O6P. The maximum atomic E-state index is 13.0. The molecule has 0 saturated heterocycles. The Balaban J connectivity index is 4.02. The Hall–Kier alpha value is -0.760. The van der Waals surface area contributed by atoms with Gasteiger partial charge in [-0.15, -0.1) is 0 Å². The average Bonchev–Trinajstić information content (AvgIpc) is 3.38. The zero-order chi connectivity index (χ0) is 55.6. The minimum Gasteiger partial charge on any atom is -0.756 e. The molecule has 0 aliphatic rings. The highest BCUT2D eigenvalue weighted by molar-refractivity contribution is 7.45. The number of unbranched alkanes of at least 4 members (excludes halogenated alkanes) is 51. The number of nitrogens with one attached hydrogen (secondary N) is 1. The lowest BCUT2D eigenvalue weighted by Gasteiger charge is -2.29. The molecule has 0 bridgehead atoms. The number of carbonyl (C=O) groups excluding carboxylic acids is 1. The molecule has 76 heavy (non-hydrogen) atoms. The van der Waals surface area contributed by atoms with Crippen molar-refractivity contribution in [1.82, 2.24) is 5.32 Å². The molecule has 0 heterocycles. The molecule has 2 N–H and O–H groups in total. The summed E-state index contributed by atoms with van der Waals surface area (Å²) in [5, 5.41) is 14.0. The van der Waals surface area contributed by atoms with Gasteiger partial charge in [-0.2, -0.15) is 0 Å². The molecule has 0 saturated carbocycles. The minimum absolute atomic E-state index is 0.00294. The van der Waals surface area contributed by atoms with Gasteiger partial charge in [-0.05, 0) is 19.3 Å².